The second-order valence-electron chi connectivity index (χ2n) is 3.03. The maximum atomic E-state index is 4.34. The number of anilines is 1. The molecule has 2 atom stereocenters. The van der Waals surface area contributed by atoms with Crippen molar-refractivity contribution in [3.63, 3.8) is 0 Å². The van der Waals surface area contributed by atoms with Crippen molar-refractivity contribution >= 4 is 16.7 Å². The Hall–Kier alpha value is -0.640. The third kappa shape index (κ3) is 1.22. The lowest BCUT2D eigenvalue weighted by atomic mass is 10.3. The Morgan fingerprint density at radius 3 is 2.82 bits per heavy atom. The molecule has 0 bridgehead atoms. The van der Waals surface area contributed by atoms with Crippen LogP contribution in [-0.4, -0.2) is 16.4 Å². The summed E-state index contributed by atoms with van der Waals surface area (Å²) in [5, 5.41) is 3.92. The molecular weight excluding hydrogens is 158 g/mol. The van der Waals surface area contributed by atoms with Crippen molar-refractivity contribution in [1.82, 2.24) is 9.36 Å². The summed E-state index contributed by atoms with van der Waals surface area (Å²) < 4.78 is 4.27. The Morgan fingerprint density at radius 2 is 2.36 bits per heavy atom. The Kier molecular flexibility index (Phi) is 1.56. The molecule has 1 aliphatic carbocycles. The Morgan fingerprint density at radius 1 is 1.64 bits per heavy atom. The summed E-state index contributed by atoms with van der Waals surface area (Å²) in [5.74, 6) is 2.48. The molecular formula is C7H11N3S. The Balaban J connectivity index is 2.13. The molecule has 11 heavy (non-hydrogen) atoms. The average Bonchev–Trinajstić information content (AvgIpc) is 2.59. The molecule has 0 spiro atoms. The molecule has 1 aromatic heterocycles. The van der Waals surface area contributed by atoms with Crippen LogP contribution in [-0.2, 0) is 0 Å². The predicted octanol–water partition coefficient (Wildman–Crippen LogP) is 1.70. The third-order valence-electron chi connectivity index (χ3n) is 2.10. The van der Waals surface area contributed by atoms with E-state index in [9.17, 15) is 0 Å². The van der Waals surface area contributed by atoms with Crippen LogP contribution in [0.2, 0.25) is 0 Å². The molecule has 1 heterocycles. The fraction of sp³-hybridized carbons (Fsp3) is 0.714. The SMILES string of the molecule is CNc1nc(C2CC2C)ns1. The summed E-state index contributed by atoms with van der Waals surface area (Å²) >= 11 is 1.45. The van der Waals surface area contributed by atoms with Gasteiger partial charge in [-0.05, 0) is 12.3 Å². The van der Waals surface area contributed by atoms with E-state index in [1.807, 2.05) is 7.05 Å². The molecule has 1 aromatic rings. The lowest BCUT2D eigenvalue weighted by Crippen LogP contribution is -1.88. The molecule has 4 heteroatoms. The first-order chi connectivity index (χ1) is 5.31. The van der Waals surface area contributed by atoms with E-state index < -0.39 is 0 Å². The molecule has 1 aliphatic rings. The van der Waals surface area contributed by atoms with Crippen molar-refractivity contribution in [1.29, 1.82) is 0 Å². The van der Waals surface area contributed by atoms with E-state index in [0.717, 1.165) is 16.9 Å². The summed E-state index contributed by atoms with van der Waals surface area (Å²) in [6.45, 7) is 2.24. The van der Waals surface area contributed by atoms with E-state index in [4.69, 9.17) is 0 Å². The number of nitrogens with zero attached hydrogens (tertiary/aromatic N) is 2. The van der Waals surface area contributed by atoms with E-state index in [0.29, 0.717) is 5.92 Å². The normalized spacial score (nSPS) is 28.5. The summed E-state index contributed by atoms with van der Waals surface area (Å²) in [5.41, 5.74) is 0. The number of hydrogen-bond acceptors (Lipinski definition) is 4. The lowest BCUT2D eigenvalue weighted by molar-refractivity contribution is 0.868. The molecule has 0 aliphatic heterocycles. The van der Waals surface area contributed by atoms with Crippen LogP contribution < -0.4 is 5.32 Å². The van der Waals surface area contributed by atoms with Crippen molar-refractivity contribution in [2.75, 3.05) is 12.4 Å². The van der Waals surface area contributed by atoms with E-state index in [1.165, 1.54) is 18.0 Å². The van der Waals surface area contributed by atoms with Crippen LogP contribution in [0.15, 0.2) is 0 Å². The fourth-order valence-corrected chi connectivity index (χ4v) is 1.75. The van der Waals surface area contributed by atoms with Gasteiger partial charge in [0.25, 0.3) is 0 Å². The molecule has 2 rings (SSSR count). The molecule has 1 fully saturated rings. The minimum absolute atomic E-state index is 0.647. The van der Waals surface area contributed by atoms with Crippen LogP contribution >= 0.6 is 11.5 Å². The summed E-state index contributed by atoms with van der Waals surface area (Å²) in [6.07, 6.45) is 1.26. The lowest BCUT2D eigenvalue weighted by Gasteiger charge is -1.87. The van der Waals surface area contributed by atoms with Crippen molar-refractivity contribution in [3.8, 4) is 0 Å². The van der Waals surface area contributed by atoms with Crippen molar-refractivity contribution in [2.45, 2.75) is 19.3 Å². The minimum atomic E-state index is 0.647. The zero-order valence-corrected chi connectivity index (χ0v) is 7.48. The molecule has 0 aromatic carbocycles. The van der Waals surface area contributed by atoms with Gasteiger partial charge >= 0.3 is 0 Å². The van der Waals surface area contributed by atoms with Gasteiger partial charge in [0, 0.05) is 24.5 Å². The van der Waals surface area contributed by atoms with Crippen LogP contribution in [0.5, 0.6) is 0 Å². The van der Waals surface area contributed by atoms with Crippen LogP contribution in [0.3, 0.4) is 0 Å². The molecule has 60 valence electrons. The highest BCUT2D eigenvalue weighted by Gasteiger charge is 2.37. The van der Waals surface area contributed by atoms with Gasteiger partial charge in [-0.1, -0.05) is 6.92 Å². The van der Waals surface area contributed by atoms with Crippen LogP contribution in [0.25, 0.3) is 0 Å². The standard InChI is InChI=1S/C7H11N3S/c1-4-3-5(4)6-9-7(8-2)11-10-6/h4-5H,3H2,1-2H3,(H,8,9,10). The Bertz CT molecular complexity index is 258. The van der Waals surface area contributed by atoms with Gasteiger partial charge in [-0.2, -0.15) is 4.37 Å². The number of nitrogens with one attached hydrogen (secondary N) is 1. The first-order valence-corrected chi connectivity index (χ1v) is 4.60. The van der Waals surface area contributed by atoms with Gasteiger partial charge in [-0.25, -0.2) is 4.98 Å². The van der Waals surface area contributed by atoms with Gasteiger partial charge in [0.05, 0.1) is 0 Å². The van der Waals surface area contributed by atoms with Crippen molar-refractivity contribution < 1.29 is 0 Å². The van der Waals surface area contributed by atoms with Gasteiger partial charge < -0.3 is 5.32 Å². The fourth-order valence-electron chi connectivity index (χ4n) is 1.17. The first-order valence-electron chi connectivity index (χ1n) is 3.82. The largest absolute Gasteiger partial charge is 0.363 e. The van der Waals surface area contributed by atoms with Gasteiger partial charge in [0.1, 0.15) is 5.82 Å². The molecule has 0 amide bonds. The summed E-state index contributed by atoms with van der Waals surface area (Å²) in [6, 6.07) is 0. The minimum Gasteiger partial charge on any atom is -0.363 e. The predicted molar refractivity (Wildman–Crippen MR) is 46.0 cm³/mol. The smallest absolute Gasteiger partial charge is 0.202 e. The zero-order valence-electron chi connectivity index (χ0n) is 6.66. The highest BCUT2D eigenvalue weighted by Crippen LogP contribution is 2.46. The van der Waals surface area contributed by atoms with Gasteiger partial charge in [-0.15, -0.1) is 0 Å². The maximum absolute atomic E-state index is 4.34. The second kappa shape index (κ2) is 2.44. The van der Waals surface area contributed by atoms with E-state index in [-0.39, 0.29) is 0 Å². The Labute approximate surface area is 70.0 Å². The molecule has 0 saturated heterocycles. The molecule has 1 saturated carbocycles. The first kappa shape index (κ1) is 7.03. The van der Waals surface area contributed by atoms with Crippen LogP contribution in [0.1, 0.15) is 25.1 Å². The van der Waals surface area contributed by atoms with Gasteiger partial charge in [-0.3, -0.25) is 0 Å². The van der Waals surface area contributed by atoms with E-state index in [1.54, 1.807) is 0 Å². The van der Waals surface area contributed by atoms with Crippen molar-refractivity contribution in [2.24, 2.45) is 5.92 Å². The van der Waals surface area contributed by atoms with Crippen LogP contribution in [0, 0.1) is 5.92 Å². The highest BCUT2D eigenvalue weighted by atomic mass is 32.1. The van der Waals surface area contributed by atoms with E-state index in [2.05, 4.69) is 21.6 Å². The summed E-state index contributed by atoms with van der Waals surface area (Å²) in [4.78, 5) is 4.34. The topological polar surface area (TPSA) is 37.8 Å². The number of aromatic nitrogens is 2. The van der Waals surface area contributed by atoms with Crippen LogP contribution in [0.4, 0.5) is 5.13 Å². The van der Waals surface area contributed by atoms with E-state index >= 15 is 0 Å². The van der Waals surface area contributed by atoms with Gasteiger partial charge in [0.2, 0.25) is 5.13 Å². The average molecular weight is 169 g/mol. The molecule has 0 radical (unpaired) electrons. The molecule has 3 nitrogen and oxygen atoms in total. The highest BCUT2D eigenvalue weighted by molar-refractivity contribution is 7.09. The molecule has 2 unspecified atom stereocenters. The second-order valence-corrected chi connectivity index (χ2v) is 3.78. The zero-order chi connectivity index (χ0) is 7.84. The monoisotopic (exact) mass is 169 g/mol. The maximum Gasteiger partial charge on any atom is 0.202 e. The van der Waals surface area contributed by atoms with Gasteiger partial charge in [0.15, 0.2) is 0 Å². The summed E-state index contributed by atoms with van der Waals surface area (Å²) in [7, 11) is 1.88. The number of rotatable bonds is 2. The molecule has 1 N–H and O–H groups in total. The quantitative estimate of drug-likeness (QED) is 0.732. The number of hydrogen-bond donors (Lipinski definition) is 1. The third-order valence-corrected chi connectivity index (χ3v) is 2.84. The van der Waals surface area contributed by atoms with Crippen molar-refractivity contribution in [3.05, 3.63) is 5.82 Å².